The largest absolute Gasteiger partial charge is 0.486 e. The second-order valence-corrected chi connectivity index (χ2v) is 9.53. The van der Waals surface area contributed by atoms with Gasteiger partial charge in [-0.3, -0.25) is 9.52 Å². The first-order chi connectivity index (χ1) is 15.7. The number of anilines is 1. The maximum Gasteiger partial charge on any atom is 0.261 e. The Hall–Kier alpha value is -3.30. The van der Waals surface area contributed by atoms with Crippen molar-refractivity contribution in [1.29, 1.82) is 0 Å². The molecule has 1 unspecified atom stereocenters. The van der Waals surface area contributed by atoms with Gasteiger partial charge in [-0.1, -0.05) is 23.7 Å². The van der Waals surface area contributed by atoms with Crippen LogP contribution in [0.5, 0.6) is 11.5 Å². The first-order valence-corrected chi connectivity index (χ1v) is 11.8. The monoisotopic (exact) mass is 490 g/mol. The van der Waals surface area contributed by atoms with Gasteiger partial charge >= 0.3 is 0 Å². The van der Waals surface area contributed by atoms with Crippen molar-refractivity contribution >= 4 is 33.2 Å². The number of carbonyl (C=O) groups excluding carboxylic acids is 1. The maximum atomic E-state index is 13.1. The lowest BCUT2D eigenvalue weighted by Crippen LogP contribution is -2.41. The fourth-order valence-electron chi connectivity index (χ4n) is 3.31. The zero-order valence-corrected chi connectivity index (χ0v) is 19.1. The predicted molar refractivity (Wildman–Crippen MR) is 122 cm³/mol. The summed E-state index contributed by atoms with van der Waals surface area (Å²) in [6, 6.07) is 16.0. The Balaban J connectivity index is 1.49. The lowest BCUT2D eigenvalue weighted by atomic mass is 10.2. The van der Waals surface area contributed by atoms with Gasteiger partial charge in [-0.2, -0.15) is 0 Å². The van der Waals surface area contributed by atoms with Crippen LogP contribution in [-0.4, -0.2) is 45.5 Å². The standard InChI is InChI=1S/C23H20ClFN2O5S/c1-27(13-17-14-31-21-4-2-3-5-22(21)32-17)23(28)19-12-18(10-11-20(19)24)33(29,30)26-16-8-6-15(25)7-9-16/h2-12,17,26H,13-14H2,1H3. The molecule has 0 aromatic heterocycles. The molecule has 1 N–H and O–H groups in total. The van der Waals surface area contributed by atoms with E-state index in [1.54, 1.807) is 19.2 Å². The summed E-state index contributed by atoms with van der Waals surface area (Å²) in [6.45, 7) is 0.465. The molecular weight excluding hydrogens is 471 g/mol. The number of likely N-dealkylation sites (N-methyl/N-ethyl adjacent to an activating group) is 1. The van der Waals surface area contributed by atoms with E-state index in [1.165, 1.54) is 35.2 Å². The molecule has 0 saturated heterocycles. The summed E-state index contributed by atoms with van der Waals surface area (Å²) in [5.74, 6) is 0.266. The molecule has 10 heteroatoms. The molecule has 3 aromatic rings. The van der Waals surface area contributed by atoms with Crippen LogP contribution in [0.3, 0.4) is 0 Å². The van der Waals surface area contributed by atoms with Crippen LogP contribution in [0.4, 0.5) is 10.1 Å². The van der Waals surface area contributed by atoms with Crippen LogP contribution < -0.4 is 14.2 Å². The van der Waals surface area contributed by atoms with E-state index in [4.69, 9.17) is 21.1 Å². The number of hydrogen-bond donors (Lipinski definition) is 1. The molecule has 0 spiro atoms. The summed E-state index contributed by atoms with van der Waals surface area (Å²) in [6.07, 6.45) is -0.403. The number of nitrogens with one attached hydrogen (secondary N) is 1. The summed E-state index contributed by atoms with van der Waals surface area (Å²) in [5.41, 5.74) is 0.212. The molecule has 1 aliphatic heterocycles. The Morgan fingerprint density at radius 2 is 1.82 bits per heavy atom. The smallest absolute Gasteiger partial charge is 0.261 e. The number of carbonyl (C=O) groups is 1. The minimum atomic E-state index is -4.03. The quantitative estimate of drug-likeness (QED) is 0.560. The third kappa shape index (κ3) is 5.20. The van der Waals surface area contributed by atoms with Crippen molar-refractivity contribution in [2.75, 3.05) is 24.9 Å². The average molecular weight is 491 g/mol. The molecule has 1 aliphatic rings. The van der Waals surface area contributed by atoms with E-state index in [0.29, 0.717) is 11.5 Å². The number of benzene rings is 3. The van der Waals surface area contributed by atoms with E-state index >= 15 is 0 Å². The van der Waals surface area contributed by atoms with Gasteiger partial charge in [0.15, 0.2) is 17.6 Å². The average Bonchev–Trinajstić information content (AvgIpc) is 2.80. The van der Waals surface area contributed by atoms with Crippen molar-refractivity contribution in [3.05, 3.63) is 83.1 Å². The first kappa shape index (κ1) is 22.9. The van der Waals surface area contributed by atoms with Crippen molar-refractivity contribution in [3.8, 4) is 11.5 Å². The van der Waals surface area contributed by atoms with Crippen molar-refractivity contribution < 1.29 is 27.1 Å². The molecule has 7 nitrogen and oxygen atoms in total. The number of halogens is 2. The Morgan fingerprint density at radius 1 is 1.12 bits per heavy atom. The van der Waals surface area contributed by atoms with Gasteiger partial charge in [0, 0.05) is 12.7 Å². The number of hydrogen-bond acceptors (Lipinski definition) is 5. The second kappa shape index (κ2) is 9.29. The number of amides is 1. The Kier molecular flexibility index (Phi) is 6.44. The third-order valence-corrected chi connectivity index (χ3v) is 6.68. The molecule has 1 heterocycles. The van der Waals surface area contributed by atoms with E-state index in [2.05, 4.69) is 4.72 Å². The second-order valence-electron chi connectivity index (χ2n) is 7.44. The normalized spacial score (nSPS) is 15.1. The van der Waals surface area contributed by atoms with Gasteiger partial charge in [0.2, 0.25) is 0 Å². The predicted octanol–water partition coefficient (Wildman–Crippen LogP) is 4.19. The third-order valence-electron chi connectivity index (χ3n) is 4.97. The van der Waals surface area contributed by atoms with Gasteiger partial charge in [0.1, 0.15) is 12.4 Å². The van der Waals surface area contributed by atoms with Crippen molar-refractivity contribution in [1.82, 2.24) is 4.90 Å². The maximum absolute atomic E-state index is 13.1. The fourth-order valence-corrected chi connectivity index (χ4v) is 4.60. The SMILES string of the molecule is CN(CC1COc2ccccc2O1)C(=O)c1cc(S(=O)(=O)Nc2ccc(F)cc2)ccc1Cl. The number of rotatable bonds is 6. The van der Waals surface area contributed by atoms with Crippen molar-refractivity contribution in [3.63, 3.8) is 0 Å². The summed E-state index contributed by atoms with van der Waals surface area (Å²) in [4.78, 5) is 14.3. The summed E-state index contributed by atoms with van der Waals surface area (Å²) in [5, 5.41) is 0.110. The molecule has 0 saturated carbocycles. The summed E-state index contributed by atoms with van der Waals surface area (Å²) >= 11 is 6.21. The minimum Gasteiger partial charge on any atom is -0.486 e. The zero-order valence-electron chi connectivity index (χ0n) is 17.5. The molecule has 4 rings (SSSR count). The molecular formula is C23H20ClFN2O5S. The highest BCUT2D eigenvalue weighted by atomic mass is 35.5. The summed E-state index contributed by atoms with van der Waals surface area (Å²) < 4.78 is 52.5. The van der Waals surface area contributed by atoms with Crippen LogP contribution in [-0.2, 0) is 10.0 Å². The molecule has 3 aromatic carbocycles. The first-order valence-electron chi connectivity index (χ1n) is 9.95. The summed E-state index contributed by atoms with van der Waals surface area (Å²) in [7, 11) is -2.46. The molecule has 0 aliphatic carbocycles. The minimum absolute atomic E-state index is 0.0262. The van der Waals surface area contributed by atoms with Gasteiger partial charge in [-0.25, -0.2) is 12.8 Å². The van der Waals surface area contributed by atoms with E-state index in [0.717, 1.165) is 12.1 Å². The molecule has 33 heavy (non-hydrogen) atoms. The van der Waals surface area contributed by atoms with Crippen LogP contribution in [0, 0.1) is 5.82 Å². The number of ether oxygens (including phenoxy) is 2. The van der Waals surface area contributed by atoms with Gasteiger partial charge in [0.05, 0.1) is 22.0 Å². The van der Waals surface area contributed by atoms with Crippen LogP contribution in [0.2, 0.25) is 5.02 Å². The van der Waals surface area contributed by atoms with Crippen molar-refractivity contribution in [2.24, 2.45) is 0 Å². The molecule has 172 valence electrons. The van der Waals surface area contributed by atoms with E-state index in [1.807, 2.05) is 12.1 Å². The van der Waals surface area contributed by atoms with Gasteiger partial charge in [-0.05, 0) is 54.6 Å². The fraction of sp³-hybridized carbons (Fsp3) is 0.174. The molecule has 0 fully saturated rings. The van der Waals surface area contributed by atoms with E-state index in [-0.39, 0.29) is 34.3 Å². The van der Waals surface area contributed by atoms with Crippen LogP contribution in [0.1, 0.15) is 10.4 Å². The number of fused-ring (bicyclic) bond motifs is 1. The van der Waals surface area contributed by atoms with Gasteiger partial charge < -0.3 is 14.4 Å². The molecule has 0 radical (unpaired) electrons. The number of sulfonamides is 1. The highest BCUT2D eigenvalue weighted by molar-refractivity contribution is 7.92. The van der Waals surface area contributed by atoms with Gasteiger partial charge in [0.25, 0.3) is 15.9 Å². The number of nitrogens with zero attached hydrogens (tertiary/aromatic N) is 1. The molecule has 1 amide bonds. The Morgan fingerprint density at radius 3 is 2.55 bits per heavy atom. The van der Waals surface area contributed by atoms with Crippen molar-refractivity contribution in [2.45, 2.75) is 11.0 Å². The van der Waals surface area contributed by atoms with Crippen LogP contribution >= 0.6 is 11.6 Å². The zero-order chi connectivity index (χ0) is 23.6. The highest BCUT2D eigenvalue weighted by Gasteiger charge is 2.26. The van der Waals surface area contributed by atoms with Crippen LogP contribution in [0.25, 0.3) is 0 Å². The van der Waals surface area contributed by atoms with E-state index < -0.39 is 27.9 Å². The Labute approximate surface area is 195 Å². The van der Waals surface area contributed by atoms with Crippen LogP contribution in [0.15, 0.2) is 71.6 Å². The molecule has 1 atom stereocenters. The lowest BCUT2D eigenvalue weighted by molar-refractivity contribution is 0.0521. The Bertz CT molecular complexity index is 1280. The highest BCUT2D eigenvalue weighted by Crippen LogP contribution is 2.31. The molecule has 0 bridgehead atoms. The van der Waals surface area contributed by atoms with Gasteiger partial charge in [-0.15, -0.1) is 0 Å². The topological polar surface area (TPSA) is 84.9 Å². The van der Waals surface area contributed by atoms with E-state index in [9.17, 15) is 17.6 Å². The lowest BCUT2D eigenvalue weighted by Gasteiger charge is -2.29. The number of para-hydroxylation sites is 2.